The molecule has 0 N–H and O–H groups in total. The molecule has 0 aromatic heterocycles. The quantitative estimate of drug-likeness (QED) is 0.0274. The van der Waals surface area contributed by atoms with Crippen LogP contribution in [0.5, 0.6) is 0 Å². The van der Waals surface area contributed by atoms with Crippen molar-refractivity contribution in [2.24, 2.45) is 0 Å². The third kappa shape index (κ3) is 37.4. The summed E-state index contributed by atoms with van der Waals surface area (Å²) in [6, 6.07) is 0. The normalized spacial score (nSPS) is 12.0. The van der Waals surface area contributed by atoms with E-state index in [4.69, 9.17) is 14.2 Å². The molecule has 1 atom stereocenters. The third-order valence-corrected chi connectivity index (χ3v) is 9.52. The molecule has 0 aliphatic carbocycles. The average Bonchev–Trinajstić information content (AvgIpc) is 3.11. The van der Waals surface area contributed by atoms with Crippen LogP contribution in [0.4, 0.5) is 0 Å². The highest BCUT2D eigenvalue weighted by atomic mass is 16.6. The Kier molecular flexibility index (Phi) is 38.5. The molecule has 0 heterocycles. The van der Waals surface area contributed by atoms with E-state index < -0.39 is 6.10 Å². The zero-order chi connectivity index (χ0) is 36.6. The first kappa shape index (κ1) is 48.1. The molecule has 0 aromatic carbocycles. The first-order valence-electron chi connectivity index (χ1n) is 21.7. The number of allylic oxidation sites excluding steroid dienone is 2. The Morgan fingerprint density at radius 2 is 0.680 bits per heavy atom. The number of hydrogen-bond donors (Lipinski definition) is 0. The van der Waals surface area contributed by atoms with Crippen molar-refractivity contribution >= 4 is 17.9 Å². The lowest BCUT2D eigenvalue weighted by atomic mass is 10.1. The summed E-state index contributed by atoms with van der Waals surface area (Å²) in [6.07, 6.45) is 40.4. The minimum atomic E-state index is -0.763. The molecular formula is C44H82O6. The van der Waals surface area contributed by atoms with Crippen LogP contribution >= 0.6 is 0 Å². The van der Waals surface area contributed by atoms with E-state index in [9.17, 15) is 14.4 Å². The minimum absolute atomic E-state index is 0.0687. The Hall–Kier alpha value is -1.85. The third-order valence-electron chi connectivity index (χ3n) is 9.52. The van der Waals surface area contributed by atoms with Crippen molar-refractivity contribution in [3.05, 3.63) is 12.2 Å². The SMILES string of the molecule is CCCC/C=C\CCCCCCCC(=O)OCC(COC(=O)CCCCCCCCCCCC)OC(=O)CCCCCCCCCCCCC. The number of esters is 3. The molecule has 50 heavy (non-hydrogen) atoms. The zero-order valence-corrected chi connectivity index (χ0v) is 33.4. The van der Waals surface area contributed by atoms with Gasteiger partial charge >= 0.3 is 17.9 Å². The first-order valence-corrected chi connectivity index (χ1v) is 21.7. The standard InChI is InChI=1S/C44H82O6/c1-4-7-10-13-16-19-22-25-28-31-34-37-43(46)49-40-41(39-48-42(45)36-33-30-27-24-21-18-15-12-9-6-3)50-44(47)38-35-32-29-26-23-20-17-14-11-8-5-2/h13,16,41H,4-12,14-15,17-40H2,1-3H3/b16-13-. The highest BCUT2D eigenvalue weighted by molar-refractivity contribution is 5.71. The van der Waals surface area contributed by atoms with Gasteiger partial charge in [-0.2, -0.15) is 0 Å². The van der Waals surface area contributed by atoms with Crippen LogP contribution in [0.15, 0.2) is 12.2 Å². The monoisotopic (exact) mass is 707 g/mol. The fourth-order valence-corrected chi connectivity index (χ4v) is 6.19. The average molecular weight is 707 g/mol. The summed E-state index contributed by atoms with van der Waals surface area (Å²) in [5.41, 5.74) is 0. The summed E-state index contributed by atoms with van der Waals surface area (Å²) < 4.78 is 16.6. The second-order valence-corrected chi connectivity index (χ2v) is 14.6. The molecule has 0 saturated carbocycles. The second kappa shape index (κ2) is 39.9. The fraction of sp³-hybridized carbons (Fsp3) is 0.886. The van der Waals surface area contributed by atoms with Gasteiger partial charge in [0.1, 0.15) is 13.2 Å². The van der Waals surface area contributed by atoms with Crippen LogP contribution in [0.25, 0.3) is 0 Å². The molecule has 0 bridgehead atoms. The largest absolute Gasteiger partial charge is 0.462 e. The Bertz CT molecular complexity index is 778. The van der Waals surface area contributed by atoms with E-state index in [1.807, 2.05) is 0 Å². The number of ether oxygens (including phenoxy) is 3. The maximum atomic E-state index is 12.7. The summed E-state index contributed by atoms with van der Waals surface area (Å²) in [4.78, 5) is 37.5. The number of carbonyl (C=O) groups excluding carboxylic acids is 3. The van der Waals surface area contributed by atoms with E-state index in [0.717, 1.165) is 64.2 Å². The molecule has 0 aromatic rings. The van der Waals surface area contributed by atoms with Gasteiger partial charge in [0.15, 0.2) is 6.10 Å². The molecule has 6 heteroatoms. The van der Waals surface area contributed by atoms with Crippen LogP contribution in [0.2, 0.25) is 0 Å². The van der Waals surface area contributed by atoms with Gasteiger partial charge in [-0.1, -0.05) is 187 Å². The van der Waals surface area contributed by atoms with Gasteiger partial charge in [-0.3, -0.25) is 14.4 Å². The summed E-state index contributed by atoms with van der Waals surface area (Å²) in [7, 11) is 0. The van der Waals surface area contributed by atoms with E-state index in [0.29, 0.717) is 19.3 Å². The van der Waals surface area contributed by atoms with Crippen LogP contribution in [0.1, 0.15) is 233 Å². The van der Waals surface area contributed by atoms with Gasteiger partial charge < -0.3 is 14.2 Å². The van der Waals surface area contributed by atoms with E-state index in [2.05, 4.69) is 32.9 Å². The second-order valence-electron chi connectivity index (χ2n) is 14.6. The minimum Gasteiger partial charge on any atom is -0.462 e. The number of unbranched alkanes of at least 4 members (excludes halogenated alkanes) is 26. The van der Waals surface area contributed by atoms with Gasteiger partial charge in [-0.05, 0) is 38.5 Å². The zero-order valence-electron chi connectivity index (χ0n) is 33.4. The number of rotatable bonds is 39. The molecule has 0 aliphatic rings. The highest BCUT2D eigenvalue weighted by Gasteiger charge is 2.19. The fourth-order valence-electron chi connectivity index (χ4n) is 6.19. The maximum Gasteiger partial charge on any atom is 0.306 e. The molecule has 0 saturated heterocycles. The smallest absolute Gasteiger partial charge is 0.306 e. The topological polar surface area (TPSA) is 78.9 Å². The van der Waals surface area contributed by atoms with Gasteiger partial charge in [0.25, 0.3) is 0 Å². The Balaban J connectivity index is 4.36. The van der Waals surface area contributed by atoms with Gasteiger partial charge in [0.2, 0.25) is 0 Å². The lowest BCUT2D eigenvalue weighted by Crippen LogP contribution is -2.30. The van der Waals surface area contributed by atoms with Crippen molar-refractivity contribution in [3.63, 3.8) is 0 Å². The van der Waals surface area contributed by atoms with Crippen molar-refractivity contribution in [1.82, 2.24) is 0 Å². The predicted octanol–water partition coefficient (Wildman–Crippen LogP) is 13.5. The molecule has 0 radical (unpaired) electrons. The Labute approximate surface area is 310 Å². The van der Waals surface area contributed by atoms with E-state index in [1.165, 1.54) is 128 Å². The molecule has 6 nitrogen and oxygen atoms in total. The van der Waals surface area contributed by atoms with Gasteiger partial charge in [-0.15, -0.1) is 0 Å². The van der Waals surface area contributed by atoms with E-state index >= 15 is 0 Å². The van der Waals surface area contributed by atoms with E-state index in [1.54, 1.807) is 0 Å². The van der Waals surface area contributed by atoms with Crippen LogP contribution in [0.3, 0.4) is 0 Å². The van der Waals surface area contributed by atoms with Gasteiger partial charge in [0, 0.05) is 19.3 Å². The number of hydrogen-bond acceptors (Lipinski definition) is 6. The van der Waals surface area contributed by atoms with Crippen molar-refractivity contribution in [2.45, 2.75) is 239 Å². The van der Waals surface area contributed by atoms with Crippen molar-refractivity contribution in [3.8, 4) is 0 Å². The molecule has 1 unspecified atom stereocenters. The molecule has 0 fully saturated rings. The molecule has 0 spiro atoms. The number of carbonyl (C=O) groups is 3. The lowest BCUT2D eigenvalue weighted by Gasteiger charge is -2.18. The predicted molar refractivity (Wildman–Crippen MR) is 210 cm³/mol. The van der Waals surface area contributed by atoms with Crippen molar-refractivity contribution in [1.29, 1.82) is 0 Å². The highest BCUT2D eigenvalue weighted by Crippen LogP contribution is 2.15. The summed E-state index contributed by atoms with van der Waals surface area (Å²) in [5, 5.41) is 0. The molecule has 294 valence electrons. The van der Waals surface area contributed by atoms with Crippen molar-refractivity contribution < 1.29 is 28.6 Å². The van der Waals surface area contributed by atoms with Crippen LogP contribution in [0, 0.1) is 0 Å². The molecular weight excluding hydrogens is 624 g/mol. The van der Waals surface area contributed by atoms with Crippen LogP contribution in [-0.2, 0) is 28.6 Å². The molecule has 0 amide bonds. The first-order chi connectivity index (χ1) is 24.5. The molecule has 0 rings (SSSR count). The summed E-state index contributed by atoms with van der Waals surface area (Å²) >= 11 is 0. The van der Waals surface area contributed by atoms with Crippen LogP contribution < -0.4 is 0 Å². The maximum absolute atomic E-state index is 12.7. The Morgan fingerprint density at radius 3 is 1.06 bits per heavy atom. The van der Waals surface area contributed by atoms with Crippen LogP contribution in [-0.4, -0.2) is 37.2 Å². The summed E-state index contributed by atoms with van der Waals surface area (Å²) in [5.74, 6) is -0.876. The van der Waals surface area contributed by atoms with Crippen molar-refractivity contribution in [2.75, 3.05) is 13.2 Å². The Morgan fingerprint density at radius 1 is 0.380 bits per heavy atom. The lowest BCUT2D eigenvalue weighted by molar-refractivity contribution is -0.167. The van der Waals surface area contributed by atoms with Gasteiger partial charge in [0.05, 0.1) is 0 Å². The molecule has 0 aliphatic heterocycles. The summed E-state index contributed by atoms with van der Waals surface area (Å²) in [6.45, 7) is 6.57. The van der Waals surface area contributed by atoms with Gasteiger partial charge in [-0.25, -0.2) is 0 Å². The van der Waals surface area contributed by atoms with E-state index in [-0.39, 0.29) is 31.1 Å².